The molecule has 6 nitrogen and oxygen atoms in total. The molecule has 2 heterocycles. The highest BCUT2D eigenvalue weighted by atomic mass is 16.6. The number of amides is 1. The third kappa shape index (κ3) is 3.88. The van der Waals surface area contributed by atoms with Gasteiger partial charge in [-0.1, -0.05) is 0 Å². The second-order valence-corrected chi connectivity index (χ2v) is 6.59. The van der Waals surface area contributed by atoms with Crippen molar-refractivity contribution in [3.05, 3.63) is 23.4 Å². The Morgan fingerprint density at radius 1 is 1.32 bits per heavy atom. The van der Waals surface area contributed by atoms with Crippen LogP contribution in [-0.2, 0) is 11.3 Å². The van der Waals surface area contributed by atoms with E-state index in [1.165, 1.54) is 0 Å². The summed E-state index contributed by atoms with van der Waals surface area (Å²) in [5, 5.41) is 0. The predicted octanol–water partition coefficient (Wildman–Crippen LogP) is 1.91. The van der Waals surface area contributed by atoms with E-state index in [1.807, 2.05) is 40.0 Å². The molecule has 2 rings (SSSR count). The van der Waals surface area contributed by atoms with Gasteiger partial charge in [-0.05, 0) is 39.3 Å². The van der Waals surface area contributed by atoms with E-state index in [2.05, 4.69) is 9.88 Å². The van der Waals surface area contributed by atoms with E-state index in [4.69, 9.17) is 10.5 Å². The van der Waals surface area contributed by atoms with Gasteiger partial charge in [0.2, 0.25) is 0 Å². The molecule has 2 N–H and O–H groups in total. The first-order valence-corrected chi connectivity index (χ1v) is 7.69. The topological polar surface area (TPSA) is 71.7 Å². The van der Waals surface area contributed by atoms with Crippen LogP contribution in [0.4, 0.5) is 10.6 Å². The summed E-state index contributed by atoms with van der Waals surface area (Å²) in [7, 11) is 0. The van der Waals surface area contributed by atoms with E-state index in [1.54, 1.807) is 4.90 Å². The SMILES string of the molecule is Cc1ccnc(N2CCN(C(=O)OC(C)(C)C)CC2)c1CN. The van der Waals surface area contributed by atoms with Crippen molar-refractivity contribution in [2.75, 3.05) is 31.1 Å². The van der Waals surface area contributed by atoms with E-state index in [0.29, 0.717) is 19.6 Å². The van der Waals surface area contributed by atoms with E-state index < -0.39 is 5.60 Å². The molecule has 0 aliphatic carbocycles. The van der Waals surface area contributed by atoms with Gasteiger partial charge in [0, 0.05) is 44.5 Å². The fourth-order valence-corrected chi connectivity index (χ4v) is 2.53. The summed E-state index contributed by atoms with van der Waals surface area (Å²) in [6, 6.07) is 1.97. The van der Waals surface area contributed by atoms with Crippen LogP contribution >= 0.6 is 0 Å². The van der Waals surface area contributed by atoms with E-state index in [-0.39, 0.29) is 6.09 Å². The van der Waals surface area contributed by atoms with E-state index in [0.717, 1.165) is 30.0 Å². The molecule has 0 aromatic carbocycles. The van der Waals surface area contributed by atoms with Gasteiger partial charge in [-0.2, -0.15) is 0 Å². The molecule has 1 aliphatic heterocycles. The van der Waals surface area contributed by atoms with Crippen molar-refractivity contribution in [1.29, 1.82) is 0 Å². The van der Waals surface area contributed by atoms with Crippen LogP contribution in [0.25, 0.3) is 0 Å². The largest absolute Gasteiger partial charge is 0.444 e. The smallest absolute Gasteiger partial charge is 0.410 e. The number of carbonyl (C=O) groups excluding carboxylic acids is 1. The lowest BCUT2D eigenvalue weighted by Gasteiger charge is -2.37. The number of anilines is 1. The minimum atomic E-state index is -0.459. The van der Waals surface area contributed by atoms with Crippen molar-refractivity contribution in [3.8, 4) is 0 Å². The number of pyridine rings is 1. The number of hydrogen-bond acceptors (Lipinski definition) is 5. The van der Waals surface area contributed by atoms with Gasteiger partial charge in [-0.25, -0.2) is 9.78 Å². The Morgan fingerprint density at radius 3 is 2.50 bits per heavy atom. The number of aromatic nitrogens is 1. The number of carbonyl (C=O) groups is 1. The molecule has 6 heteroatoms. The zero-order chi connectivity index (χ0) is 16.3. The van der Waals surface area contributed by atoms with Crippen molar-refractivity contribution in [1.82, 2.24) is 9.88 Å². The number of nitrogens with zero attached hydrogens (tertiary/aromatic N) is 3. The Labute approximate surface area is 132 Å². The molecule has 22 heavy (non-hydrogen) atoms. The summed E-state index contributed by atoms with van der Waals surface area (Å²) < 4.78 is 5.41. The molecule has 0 atom stereocenters. The average Bonchev–Trinajstić information content (AvgIpc) is 2.45. The Bertz CT molecular complexity index is 531. The lowest BCUT2D eigenvalue weighted by Crippen LogP contribution is -2.50. The maximum Gasteiger partial charge on any atom is 0.410 e. The van der Waals surface area contributed by atoms with Gasteiger partial charge in [0.25, 0.3) is 0 Å². The van der Waals surface area contributed by atoms with Crippen LogP contribution in [0.15, 0.2) is 12.3 Å². The van der Waals surface area contributed by atoms with Crippen molar-refractivity contribution in [3.63, 3.8) is 0 Å². The fraction of sp³-hybridized carbons (Fsp3) is 0.625. The molecular formula is C16H26N4O2. The molecule has 1 fully saturated rings. The van der Waals surface area contributed by atoms with Crippen LogP contribution in [0.5, 0.6) is 0 Å². The molecule has 122 valence electrons. The standard InChI is InChI=1S/C16H26N4O2/c1-12-5-6-18-14(13(12)11-17)19-7-9-20(10-8-19)15(21)22-16(2,3)4/h5-6H,7-11,17H2,1-4H3. The molecule has 0 unspecified atom stereocenters. The molecule has 1 amide bonds. The summed E-state index contributed by atoms with van der Waals surface area (Å²) in [6.45, 7) is 10.9. The second kappa shape index (κ2) is 6.52. The van der Waals surface area contributed by atoms with Gasteiger partial charge in [-0.15, -0.1) is 0 Å². The number of piperazine rings is 1. The molecular weight excluding hydrogens is 280 g/mol. The maximum absolute atomic E-state index is 12.1. The summed E-state index contributed by atoms with van der Waals surface area (Å²) in [5.74, 6) is 0.936. The Morgan fingerprint density at radius 2 is 1.95 bits per heavy atom. The normalized spacial score (nSPS) is 15.9. The lowest BCUT2D eigenvalue weighted by atomic mass is 10.1. The molecule has 1 aromatic rings. The lowest BCUT2D eigenvalue weighted by molar-refractivity contribution is 0.0240. The molecule has 0 spiro atoms. The minimum absolute atomic E-state index is 0.247. The molecule has 1 aliphatic rings. The van der Waals surface area contributed by atoms with Gasteiger partial charge >= 0.3 is 6.09 Å². The van der Waals surface area contributed by atoms with Crippen molar-refractivity contribution in [2.24, 2.45) is 5.73 Å². The van der Waals surface area contributed by atoms with Crippen LogP contribution in [0.2, 0.25) is 0 Å². The van der Waals surface area contributed by atoms with E-state index >= 15 is 0 Å². The summed E-state index contributed by atoms with van der Waals surface area (Å²) >= 11 is 0. The van der Waals surface area contributed by atoms with Crippen LogP contribution in [0, 0.1) is 6.92 Å². The quantitative estimate of drug-likeness (QED) is 0.903. The molecule has 0 radical (unpaired) electrons. The van der Waals surface area contributed by atoms with Gasteiger partial charge in [0.05, 0.1) is 0 Å². The zero-order valence-electron chi connectivity index (χ0n) is 13.9. The Kier molecular flexibility index (Phi) is 4.90. The minimum Gasteiger partial charge on any atom is -0.444 e. The second-order valence-electron chi connectivity index (χ2n) is 6.59. The molecule has 0 bridgehead atoms. The van der Waals surface area contributed by atoms with Crippen molar-refractivity contribution < 1.29 is 9.53 Å². The van der Waals surface area contributed by atoms with Crippen molar-refractivity contribution >= 4 is 11.9 Å². The van der Waals surface area contributed by atoms with Crippen LogP contribution in [0.1, 0.15) is 31.9 Å². The molecule has 0 saturated carbocycles. The Hall–Kier alpha value is -1.82. The monoisotopic (exact) mass is 306 g/mol. The first-order valence-electron chi connectivity index (χ1n) is 7.69. The van der Waals surface area contributed by atoms with Gasteiger partial charge in [0.15, 0.2) is 0 Å². The van der Waals surface area contributed by atoms with E-state index in [9.17, 15) is 4.79 Å². The number of ether oxygens (including phenoxy) is 1. The predicted molar refractivity (Wildman–Crippen MR) is 86.9 cm³/mol. The van der Waals surface area contributed by atoms with Gasteiger partial charge in [-0.3, -0.25) is 0 Å². The highest BCUT2D eigenvalue weighted by Gasteiger charge is 2.27. The zero-order valence-corrected chi connectivity index (χ0v) is 13.9. The molecule has 1 aromatic heterocycles. The third-order valence-corrected chi connectivity index (χ3v) is 3.70. The van der Waals surface area contributed by atoms with Gasteiger partial charge in [0.1, 0.15) is 11.4 Å². The maximum atomic E-state index is 12.1. The Balaban J connectivity index is 2.01. The average molecular weight is 306 g/mol. The fourth-order valence-electron chi connectivity index (χ4n) is 2.53. The van der Waals surface area contributed by atoms with Crippen LogP contribution in [-0.4, -0.2) is 47.8 Å². The number of rotatable bonds is 2. The van der Waals surface area contributed by atoms with Crippen LogP contribution < -0.4 is 10.6 Å². The summed E-state index contributed by atoms with van der Waals surface area (Å²) in [6.07, 6.45) is 1.56. The number of aryl methyl sites for hydroxylation is 1. The molecule has 1 saturated heterocycles. The van der Waals surface area contributed by atoms with Crippen LogP contribution in [0.3, 0.4) is 0 Å². The van der Waals surface area contributed by atoms with Gasteiger partial charge < -0.3 is 20.3 Å². The third-order valence-electron chi connectivity index (χ3n) is 3.70. The highest BCUT2D eigenvalue weighted by molar-refractivity contribution is 5.68. The first kappa shape index (κ1) is 16.5. The summed E-state index contributed by atoms with van der Waals surface area (Å²) in [4.78, 5) is 20.5. The first-order chi connectivity index (χ1) is 10.3. The summed E-state index contributed by atoms with van der Waals surface area (Å²) in [5.41, 5.74) is 7.62. The highest BCUT2D eigenvalue weighted by Crippen LogP contribution is 2.22. The number of nitrogens with two attached hydrogens (primary N) is 1. The number of hydrogen-bond donors (Lipinski definition) is 1. The van der Waals surface area contributed by atoms with Crippen molar-refractivity contribution in [2.45, 2.75) is 39.8 Å².